The summed E-state index contributed by atoms with van der Waals surface area (Å²) < 4.78 is 48.5. The van der Waals surface area contributed by atoms with Gasteiger partial charge in [0.25, 0.3) is 10.1 Å². The molecule has 0 spiro atoms. The number of aromatic carboxylic acids is 1. The third-order valence-electron chi connectivity index (χ3n) is 6.28. The Hall–Kier alpha value is -5.15. The summed E-state index contributed by atoms with van der Waals surface area (Å²) in [6.07, 6.45) is 0. The second-order valence-electron chi connectivity index (χ2n) is 9.22. The molecular formula is C25H19N7O14S3. The van der Waals surface area contributed by atoms with Crippen molar-refractivity contribution < 1.29 is 67.1 Å². The lowest BCUT2D eigenvalue weighted by atomic mass is 10.1. The molecule has 0 unspecified atom stereocenters. The van der Waals surface area contributed by atoms with E-state index < -0.39 is 44.5 Å². The summed E-state index contributed by atoms with van der Waals surface area (Å²) in [5, 5.41) is 67.2. The van der Waals surface area contributed by atoms with Gasteiger partial charge in [-0.15, -0.1) is 13.8 Å². The van der Waals surface area contributed by atoms with Gasteiger partial charge in [-0.2, -0.15) is 28.5 Å². The van der Waals surface area contributed by atoms with Gasteiger partial charge < -0.3 is 31.1 Å². The highest BCUT2D eigenvalue weighted by Gasteiger charge is 2.23. The number of fused-ring (bicyclic) bond motifs is 2. The first-order chi connectivity index (χ1) is 23.3. The second-order valence-corrected chi connectivity index (χ2v) is 12.2. The number of benzene rings is 4. The zero-order valence-corrected chi connectivity index (χ0v) is 26.5. The molecule has 0 atom stereocenters. The van der Waals surface area contributed by atoms with Crippen LogP contribution < -0.4 is 15.8 Å². The number of ether oxygens (including phenoxy) is 1. The van der Waals surface area contributed by atoms with Crippen molar-refractivity contribution in [3.63, 3.8) is 0 Å². The zero-order valence-electron chi connectivity index (χ0n) is 24.0. The molecule has 4 aromatic carbocycles. The Balaban J connectivity index is 1.69. The minimum atomic E-state index is -4.87. The molecule has 24 heteroatoms. The number of anilines is 3. The summed E-state index contributed by atoms with van der Waals surface area (Å²) in [6.45, 7) is 0. The Bertz CT molecular complexity index is 2240. The average molecular weight is 738 g/mol. The lowest BCUT2D eigenvalue weighted by Gasteiger charge is -2.15. The topological polar surface area (TPSA) is 320 Å². The number of aromatic hydroxyl groups is 2. The van der Waals surface area contributed by atoms with Gasteiger partial charge in [-0.1, -0.05) is 10.1 Å². The Morgan fingerprint density at radius 3 is 2.35 bits per heavy atom. The SMILES string of the molecule is COc1cc(N=Nc2c(SOOO)cc3cc(S(=O)(=O)O)cc(Nc4nc(N)nc(C(=O)O)n4)c3c2O)cc2c(O)cc(SOOO)cc12. The van der Waals surface area contributed by atoms with Crippen LogP contribution >= 0.6 is 24.1 Å². The van der Waals surface area contributed by atoms with Crippen molar-refractivity contribution in [2.75, 3.05) is 18.2 Å². The van der Waals surface area contributed by atoms with Gasteiger partial charge in [0, 0.05) is 27.1 Å². The second kappa shape index (κ2) is 14.5. The summed E-state index contributed by atoms with van der Waals surface area (Å²) in [5.74, 6) is -4.02. The third kappa shape index (κ3) is 7.78. The molecule has 9 N–H and O–H groups in total. The van der Waals surface area contributed by atoms with E-state index in [-0.39, 0.29) is 49.6 Å². The highest BCUT2D eigenvalue weighted by atomic mass is 32.2. The molecule has 0 radical (unpaired) electrons. The maximum Gasteiger partial charge on any atom is 0.374 e. The third-order valence-corrected chi connectivity index (χ3v) is 8.29. The standard InChI is InChI=1S/C25H19N7O14S3/c1-42-17-5-10(4-13-14(17)6-11(7-16(13)33)47-45-43-37)31-32-20-18(48-46-44-38)3-9-2-12(49(39,40)41)8-15(19(9)21(20)34)27-25-29-22(23(35)36)28-24(26)30-25/h2-8,33-34,37-38H,1H3,(H,35,36)(H,39,40,41)(H3,26,27,28,29,30). The van der Waals surface area contributed by atoms with Crippen LogP contribution in [0.25, 0.3) is 21.5 Å². The van der Waals surface area contributed by atoms with E-state index in [1.807, 2.05) is 0 Å². The Kier molecular flexibility index (Phi) is 10.4. The number of carboxylic acid groups (broad SMARTS) is 1. The first-order valence-corrected chi connectivity index (χ1v) is 15.6. The monoisotopic (exact) mass is 737 g/mol. The van der Waals surface area contributed by atoms with Gasteiger partial charge in [-0.25, -0.2) is 15.3 Å². The van der Waals surface area contributed by atoms with Gasteiger partial charge in [0.15, 0.2) is 5.75 Å². The molecule has 0 amide bonds. The molecule has 256 valence electrons. The molecule has 5 aromatic rings. The highest BCUT2D eigenvalue weighted by Crippen LogP contribution is 2.48. The van der Waals surface area contributed by atoms with Crippen molar-refractivity contribution in [1.29, 1.82) is 0 Å². The van der Waals surface area contributed by atoms with Crippen LogP contribution in [0.15, 0.2) is 67.4 Å². The lowest BCUT2D eigenvalue weighted by molar-refractivity contribution is -0.432. The smallest absolute Gasteiger partial charge is 0.374 e. The van der Waals surface area contributed by atoms with Crippen molar-refractivity contribution in [2.24, 2.45) is 10.2 Å². The summed E-state index contributed by atoms with van der Waals surface area (Å²) in [7, 11) is -3.52. The highest BCUT2D eigenvalue weighted by molar-refractivity contribution is 7.95. The molecule has 0 aliphatic rings. The number of methoxy groups -OCH3 is 1. The number of nitrogens with one attached hydrogen (secondary N) is 1. The number of rotatable bonds is 13. The van der Waals surface area contributed by atoms with E-state index in [9.17, 15) is 33.1 Å². The van der Waals surface area contributed by atoms with Crippen molar-refractivity contribution in [1.82, 2.24) is 15.0 Å². The van der Waals surface area contributed by atoms with Gasteiger partial charge >= 0.3 is 5.97 Å². The lowest BCUT2D eigenvalue weighted by Crippen LogP contribution is -2.11. The molecule has 0 aliphatic heterocycles. The van der Waals surface area contributed by atoms with Gasteiger partial charge in [-0.3, -0.25) is 4.55 Å². The van der Waals surface area contributed by atoms with E-state index in [0.29, 0.717) is 34.4 Å². The van der Waals surface area contributed by atoms with Crippen molar-refractivity contribution in [2.45, 2.75) is 14.7 Å². The summed E-state index contributed by atoms with van der Waals surface area (Å²) in [5.41, 5.74) is 5.07. The predicted molar refractivity (Wildman–Crippen MR) is 168 cm³/mol. The fourth-order valence-electron chi connectivity index (χ4n) is 4.39. The molecule has 0 fully saturated rings. The largest absolute Gasteiger partial charge is 0.507 e. The summed E-state index contributed by atoms with van der Waals surface area (Å²) in [6, 6.07) is 8.80. The maximum atomic E-state index is 12.1. The van der Waals surface area contributed by atoms with Crippen molar-refractivity contribution in [3.05, 3.63) is 48.3 Å². The fourth-order valence-corrected chi connectivity index (χ4v) is 5.86. The van der Waals surface area contributed by atoms with E-state index in [4.69, 9.17) is 21.0 Å². The van der Waals surface area contributed by atoms with Crippen LogP contribution in [0.3, 0.4) is 0 Å². The van der Waals surface area contributed by atoms with Crippen LogP contribution in [0.5, 0.6) is 17.2 Å². The molecule has 0 saturated carbocycles. The van der Waals surface area contributed by atoms with E-state index in [2.05, 4.69) is 49.2 Å². The molecule has 21 nitrogen and oxygen atoms in total. The number of nitrogens with two attached hydrogens (primary N) is 1. The predicted octanol–water partition coefficient (Wildman–Crippen LogP) is 5.14. The maximum absolute atomic E-state index is 12.1. The van der Waals surface area contributed by atoms with E-state index in [0.717, 1.165) is 12.1 Å². The molecule has 1 heterocycles. The summed E-state index contributed by atoms with van der Waals surface area (Å²) >= 11 is 0.924. The Labute approximate surface area is 280 Å². The minimum absolute atomic E-state index is 0.0693. The number of phenolic OH excluding ortho intramolecular Hbond substituents is 2. The van der Waals surface area contributed by atoms with Crippen LogP contribution in [0, 0.1) is 0 Å². The van der Waals surface area contributed by atoms with Crippen LogP contribution in [0.1, 0.15) is 10.6 Å². The first kappa shape index (κ1) is 35.2. The van der Waals surface area contributed by atoms with E-state index in [1.54, 1.807) is 6.07 Å². The van der Waals surface area contributed by atoms with Gasteiger partial charge in [-0.05, 0) is 41.8 Å². The number of aromatic nitrogens is 3. The molecule has 0 aliphatic carbocycles. The van der Waals surface area contributed by atoms with Crippen LogP contribution in [-0.2, 0) is 28.9 Å². The van der Waals surface area contributed by atoms with Gasteiger partial charge in [0.1, 0.15) is 17.2 Å². The van der Waals surface area contributed by atoms with E-state index >= 15 is 0 Å². The molecule has 0 bridgehead atoms. The first-order valence-electron chi connectivity index (χ1n) is 12.7. The number of phenols is 2. The normalized spacial score (nSPS) is 11.8. The number of azo groups is 1. The molecule has 49 heavy (non-hydrogen) atoms. The van der Waals surface area contributed by atoms with Gasteiger partial charge in [0.05, 0.1) is 52.4 Å². The minimum Gasteiger partial charge on any atom is -0.507 e. The van der Waals surface area contributed by atoms with Crippen LogP contribution in [0.4, 0.5) is 29.0 Å². The van der Waals surface area contributed by atoms with Crippen LogP contribution in [0.2, 0.25) is 0 Å². The van der Waals surface area contributed by atoms with Gasteiger partial charge in [0.2, 0.25) is 17.7 Å². The quantitative estimate of drug-likeness (QED) is 0.0255. The van der Waals surface area contributed by atoms with E-state index in [1.165, 1.54) is 31.4 Å². The Morgan fingerprint density at radius 2 is 1.67 bits per heavy atom. The number of hydrogen-bond donors (Lipinski definition) is 8. The molecule has 5 rings (SSSR count). The number of nitrogen functional groups attached to an aromatic ring is 1. The molecular weight excluding hydrogens is 719 g/mol. The molecule has 1 aromatic heterocycles. The zero-order chi connectivity index (χ0) is 35.5. The number of nitrogens with zero attached hydrogens (tertiary/aromatic N) is 5. The fraction of sp³-hybridized carbons (Fsp3) is 0.0400. The van der Waals surface area contributed by atoms with Crippen molar-refractivity contribution in [3.8, 4) is 17.2 Å². The Morgan fingerprint density at radius 1 is 0.939 bits per heavy atom. The average Bonchev–Trinajstić information content (AvgIpc) is 3.04. The van der Waals surface area contributed by atoms with Crippen LogP contribution in [-0.4, -0.2) is 66.8 Å². The number of carboxylic acids is 1. The molecule has 0 saturated heterocycles. The summed E-state index contributed by atoms with van der Waals surface area (Å²) in [4.78, 5) is 22.0. The van der Waals surface area contributed by atoms with Crippen molar-refractivity contribution >= 4 is 90.7 Å². The number of carbonyl (C=O) groups is 1. The number of hydrogen-bond acceptors (Lipinski definition) is 21.